The van der Waals surface area contributed by atoms with Gasteiger partial charge in [0.15, 0.2) is 0 Å². The molecular formula is C13H11F3N4O5. The second-order valence-corrected chi connectivity index (χ2v) is 4.62. The third kappa shape index (κ3) is 6.10. The van der Waals surface area contributed by atoms with Gasteiger partial charge in [0.05, 0.1) is 24.1 Å². The number of amides is 1. The van der Waals surface area contributed by atoms with Gasteiger partial charge in [-0.25, -0.2) is 4.68 Å². The van der Waals surface area contributed by atoms with E-state index in [0.717, 1.165) is 16.8 Å². The first-order valence-electron chi connectivity index (χ1n) is 6.63. The highest BCUT2D eigenvalue weighted by atomic mass is 19.4. The number of aromatic nitrogens is 2. The summed E-state index contributed by atoms with van der Waals surface area (Å²) in [4.78, 5) is 21.4. The van der Waals surface area contributed by atoms with Crippen LogP contribution in [0.15, 0.2) is 35.0 Å². The fraction of sp³-hybridized carbons (Fsp3) is 0.231. The molecule has 2 heterocycles. The molecule has 0 aliphatic heterocycles. The maximum Gasteiger partial charge on any atom is 0.433 e. The molecule has 0 bridgehead atoms. The number of anilines is 1. The Morgan fingerprint density at radius 2 is 2.24 bits per heavy atom. The normalized spacial score (nSPS) is 11.8. The molecule has 2 rings (SSSR count). The number of nitro groups is 1. The maximum absolute atomic E-state index is 11.9. The summed E-state index contributed by atoms with van der Waals surface area (Å²) >= 11 is 0. The Bertz CT molecular complexity index is 781. The molecule has 0 aromatic carbocycles. The van der Waals surface area contributed by atoms with Gasteiger partial charge in [-0.15, -0.1) is 0 Å². The van der Waals surface area contributed by atoms with Crippen molar-refractivity contribution in [3.63, 3.8) is 0 Å². The van der Waals surface area contributed by atoms with Gasteiger partial charge in [-0.1, -0.05) is 0 Å². The minimum absolute atomic E-state index is 0.109. The molecule has 134 valence electrons. The van der Waals surface area contributed by atoms with Crippen LogP contribution in [0.4, 0.5) is 24.7 Å². The molecule has 2 aromatic heterocycles. The van der Waals surface area contributed by atoms with E-state index in [1.54, 1.807) is 0 Å². The van der Waals surface area contributed by atoms with Gasteiger partial charge in [0.1, 0.15) is 24.0 Å². The fourth-order valence-corrected chi connectivity index (χ4v) is 1.63. The number of ether oxygens (including phenoxy) is 1. The lowest BCUT2D eigenvalue weighted by Crippen LogP contribution is -2.18. The SMILES string of the molecule is O=C(/C=C/c1ccc([N+](=O)[O-])o1)Nc1cnn(COCC(F)(F)F)c1. The van der Waals surface area contributed by atoms with E-state index in [-0.39, 0.29) is 11.4 Å². The molecule has 0 fully saturated rings. The highest BCUT2D eigenvalue weighted by Gasteiger charge is 2.27. The molecule has 0 aliphatic carbocycles. The number of hydrogen-bond acceptors (Lipinski definition) is 6. The highest BCUT2D eigenvalue weighted by Crippen LogP contribution is 2.17. The van der Waals surface area contributed by atoms with Crippen LogP contribution in [0.5, 0.6) is 0 Å². The minimum atomic E-state index is -4.43. The molecule has 0 saturated carbocycles. The average Bonchev–Trinajstić information content (AvgIpc) is 3.13. The predicted molar refractivity (Wildman–Crippen MR) is 77.3 cm³/mol. The van der Waals surface area contributed by atoms with Crippen molar-refractivity contribution >= 4 is 23.6 Å². The first kappa shape index (κ1) is 18.2. The van der Waals surface area contributed by atoms with Crippen molar-refractivity contribution < 1.29 is 32.0 Å². The van der Waals surface area contributed by atoms with Gasteiger partial charge in [0.2, 0.25) is 5.91 Å². The van der Waals surface area contributed by atoms with E-state index in [0.29, 0.717) is 0 Å². The van der Waals surface area contributed by atoms with Gasteiger partial charge in [-0.2, -0.15) is 18.3 Å². The van der Waals surface area contributed by atoms with Crippen LogP contribution in [-0.4, -0.2) is 33.4 Å². The molecule has 1 N–H and O–H groups in total. The zero-order valence-corrected chi connectivity index (χ0v) is 12.4. The van der Waals surface area contributed by atoms with Gasteiger partial charge in [-0.05, 0) is 12.1 Å². The molecule has 0 aliphatic rings. The largest absolute Gasteiger partial charge is 0.433 e. The molecule has 2 aromatic rings. The molecule has 0 unspecified atom stereocenters. The topological polar surface area (TPSA) is 112 Å². The average molecular weight is 360 g/mol. The van der Waals surface area contributed by atoms with Crippen LogP contribution in [0.3, 0.4) is 0 Å². The van der Waals surface area contributed by atoms with Crippen LogP contribution < -0.4 is 5.32 Å². The number of carbonyl (C=O) groups excluding carboxylic acids is 1. The fourth-order valence-electron chi connectivity index (χ4n) is 1.63. The van der Waals surface area contributed by atoms with E-state index in [4.69, 9.17) is 4.42 Å². The summed E-state index contributed by atoms with van der Waals surface area (Å²) in [5.41, 5.74) is 0.232. The molecule has 9 nitrogen and oxygen atoms in total. The zero-order valence-electron chi connectivity index (χ0n) is 12.4. The molecule has 25 heavy (non-hydrogen) atoms. The summed E-state index contributed by atoms with van der Waals surface area (Å²) in [6.45, 7) is -1.84. The summed E-state index contributed by atoms with van der Waals surface area (Å²) in [6.07, 6.45) is 0.357. The first-order valence-corrected chi connectivity index (χ1v) is 6.63. The second kappa shape index (κ2) is 7.61. The van der Waals surface area contributed by atoms with Crippen molar-refractivity contribution in [3.05, 3.63) is 46.5 Å². The predicted octanol–water partition coefficient (Wildman–Crippen LogP) is 2.57. The Hall–Kier alpha value is -3.15. The van der Waals surface area contributed by atoms with Crippen molar-refractivity contribution in [3.8, 4) is 0 Å². The van der Waals surface area contributed by atoms with Gasteiger partial charge in [0, 0.05) is 6.08 Å². The third-order valence-electron chi connectivity index (χ3n) is 2.58. The monoisotopic (exact) mass is 360 g/mol. The second-order valence-electron chi connectivity index (χ2n) is 4.62. The van der Waals surface area contributed by atoms with Crippen LogP contribution in [0, 0.1) is 10.1 Å². The summed E-state index contributed by atoms with van der Waals surface area (Å²) in [5.74, 6) is -0.937. The van der Waals surface area contributed by atoms with E-state index in [1.165, 1.54) is 24.5 Å². The first-order chi connectivity index (χ1) is 11.7. The Kier molecular flexibility index (Phi) is 5.54. The van der Waals surface area contributed by atoms with E-state index in [1.807, 2.05) is 0 Å². The van der Waals surface area contributed by atoms with E-state index in [9.17, 15) is 28.1 Å². The molecule has 1 amide bonds. The lowest BCUT2D eigenvalue weighted by atomic mass is 10.4. The van der Waals surface area contributed by atoms with Crippen LogP contribution in [-0.2, 0) is 16.3 Å². The van der Waals surface area contributed by atoms with Crippen molar-refractivity contribution in [2.75, 3.05) is 11.9 Å². The van der Waals surface area contributed by atoms with Crippen molar-refractivity contribution in [1.29, 1.82) is 0 Å². The van der Waals surface area contributed by atoms with Crippen LogP contribution in [0.25, 0.3) is 6.08 Å². The maximum atomic E-state index is 11.9. The Morgan fingerprint density at radius 1 is 1.48 bits per heavy atom. The lowest BCUT2D eigenvalue weighted by Gasteiger charge is -2.07. The Labute approximate surface area is 137 Å². The summed E-state index contributed by atoms with van der Waals surface area (Å²) in [6, 6.07) is 2.46. The molecule has 12 heteroatoms. The zero-order chi connectivity index (χ0) is 18.4. The Morgan fingerprint density at radius 3 is 2.88 bits per heavy atom. The van der Waals surface area contributed by atoms with Gasteiger partial charge in [0.25, 0.3) is 0 Å². The van der Waals surface area contributed by atoms with Crippen molar-refractivity contribution in [1.82, 2.24) is 9.78 Å². The van der Waals surface area contributed by atoms with E-state index >= 15 is 0 Å². The number of rotatable bonds is 7. The number of nitrogens with zero attached hydrogens (tertiary/aromatic N) is 3. The summed E-state index contributed by atoms with van der Waals surface area (Å²) in [5, 5.41) is 16.6. The number of nitrogens with one attached hydrogen (secondary N) is 1. The van der Waals surface area contributed by atoms with Crippen LogP contribution >= 0.6 is 0 Å². The Balaban J connectivity index is 1.84. The number of carbonyl (C=O) groups is 1. The molecule has 0 radical (unpaired) electrons. The standard InChI is InChI=1S/C13H11F3N4O5/c14-13(15,16)7-24-8-19-6-9(5-17-19)18-11(21)3-1-10-2-4-12(25-10)20(22)23/h1-6H,7-8H2,(H,18,21)/b3-1+. The summed E-state index contributed by atoms with van der Waals surface area (Å²) < 4.78 is 46.1. The van der Waals surface area contributed by atoms with Crippen molar-refractivity contribution in [2.24, 2.45) is 0 Å². The molecule has 0 spiro atoms. The molecule has 0 atom stereocenters. The van der Waals surface area contributed by atoms with E-state index < -0.39 is 36.2 Å². The number of hydrogen-bond donors (Lipinski definition) is 1. The quantitative estimate of drug-likeness (QED) is 0.461. The van der Waals surface area contributed by atoms with Gasteiger partial charge >= 0.3 is 12.1 Å². The third-order valence-corrected chi connectivity index (χ3v) is 2.58. The van der Waals surface area contributed by atoms with Crippen molar-refractivity contribution in [2.45, 2.75) is 12.9 Å². The molecular weight excluding hydrogens is 349 g/mol. The molecule has 0 saturated heterocycles. The van der Waals surface area contributed by atoms with Crippen LogP contribution in [0.1, 0.15) is 5.76 Å². The van der Waals surface area contributed by atoms with Gasteiger partial charge in [-0.3, -0.25) is 14.9 Å². The van der Waals surface area contributed by atoms with Crippen LogP contribution in [0.2, 0.25) is 0 Å². The minimum Gasteiger partial charge on any atom is -0.401 e. The smallest absolute Gasteiger partial charge is 0.401 e. The highest BCUT2D eigenvalue weighted by molar-refractivity contribution is 6.01. The number of furan rings is 1. The lowest BCUT2D eigenvalue weighted by molar-refractivity contribution is -0.402. The number of halogens is 3. The van der Waals surface area contributed by atoms with E-state index in [2.05, 4.69) is 15.2 Å². The number of alkyl halides is 3. The van der Waals surface area contributed by atoms with Gasteiger partial charge < -0.3 is 14.5 Å². The summed E-state index contributed by atoms with van der Waals surface area (Å²) in [7, 11) is 0.